The molecule has 2 aromatic carbocycles. The highest BCUT2D eigenvalue weighted by Gasteiger charge is 2.22. The summed E-state index contributed by atoms with van der Waals surface area (Å²) in [4.78, 5) is 15.0. The van der Waals surface area contributed by atoms with Gasteiger partial charge in [0.15, 0.2) is 0 Å². The molecule has 0 spiro atoms. The number of hydrogen-bond acceptors (Lipinski definition) is 4. The zero-order valence-corrected chi connectivity index (χ0v) is 18.1. The molecule has 0 aromatic heterocycles. The molecule has 30 heavy (non-hydrogen) atoms. The van der Waals surface area contributed by atoms with Crippen LogP contribution in [0.2, 0.25) is 0 Å². The molecule has 2 N–H and O–H groups in total. The van der Waals surface area contributed by atoms with Crippen LogP contribution in [0.1, 0.15) is 47.2 Å². The molecule has 2 heterocycles. The van der Waals surface area contributed by atoms with Gasteiger partial charge in [-0.3, -0.25) is 4.79 Å². The fraction of sp³-hybridized carbons (Fsp3) is 0.480. The molecule has 1 unspecified atom stereocenters. The van der Waals surface area contributed by atoms with Crippen molar-refractivity contribution in [2.45, 2.75) is 51.7 Å². The number of aryl methyl sites for hydroxylation is 2. The lowest BCUT2D eigenvalue weighted by Crippen LogP contribution is -2.44. The lowest BCUT2D eigenvalue weighted by molar-refractivity contribution is 0.102. The van der Waals surface area contributed by atoms with Gasteiger partial charge in [-0.1, -0.05) is 17.7 Å². The summed E-state index contributed by atoms with van der Waals surface area (Å²) in [6, 6.07) is 14.7. The van der Waals surface area contributed by atoms with Crippen molar-refractivity contribution < 1.29 is 9.53 Å². The van der Waals surface area contributed by atoms with Gasteiger partial charge >= 0.3 is 0 Å². The SMILES string of the molecule is Cc1ccc(C(=O)Nc2ccc(N3CCC(NCC4CCCO4)CC3)cc2)c(C)c1. The van der Waals surface area contributed by atoms with Crippen LogP contribution < -0.4 is 15.5 Å². The van der Waals surface area contributed by atoms with Crippen molar-refractivity contribution in [1.29, 1.82) is 0 Å². The molecule has 1 atom stereocenters. The van der Waals surface area contributed by atoms with E-state index in [0.29, 0.717) is 12.1 Å². The smallest absolute Gasteiger partial charge is 0.255 e. The maximum absolute atomic E-state index is 12.6. The highest BCUT2D eigenvalue weighted by molar-refractivity contribution is 6.05. The maximum Gasteiger partial charge on any atom is 0.255 e. The van der Waals surface area contributed by atoms with E-state index >= 15 is 0 Å². The van der Waals surface area contributed by atoms with Gasteiger partial charge in [-0.2, -0.15) is 0 Å². The van der Waals surface area contributed by atoms with Gasteiger partial charge < -0.3 is 20.3 Å². The van der Waals surface area contributed by atoms with E-state index in [9.17, 15) is 4.79 Å². The molecular formula is C25H33N3O2. The van der Waals surface area contributed by atoms with Gasteiger partial charge in [0, 0.05) is 49.2 Å². The molecule has 1 amide bonds. The number of hydrogen-bond donors (Lipinski definition) is 2. The number of nitrogens with zero attached hydrogens (tertiary/aromatic N) is 1. The standard InChI is InChI=1S/C25H33N3O2/c1-18-5-10-24(19(2)16-18)25(29)27-21-6-8-22(9-7-21)28-13-11-20(12-14-28)26-17-23-4-3-15-30-23/h5-10,16,20,23,26H,3-4,11-15,17H2,1-2H3,(H,27,29). The molecule has 2 aliphatic heterocycles. The molecule has 4 rings (SSSR count). The Bertz CT molecular complexity index is 851. The van der Waals surface area contributed by atoms with E-state index in [4.69, 9.17) is 4.74 Å². The number of nitrogens with one attached hydrogen (secondary N) is 2. The number of benzene rings is 2. The second kappa shape index (κ2) is 9.63. The molecular weight excluding hydrogens is 374 g/mol. The van der Waals surface area contributed by atoms with Gasteiger partial charge in [-0.25, -0.2) is 0 Å². The number of anilines is 2. The topological polar surface area (TPSA) is 53.6 Å². The van der Waals surface area contributed by atoms with Crippen molar-refractivity contribution in [3.8, 4) is 0 Å². The first-order valence-electron chi connectivity index (χ1n) is 11.2. The Morgan fingerprint density at radius 1 is 1.07 bits per heavy atom. The minimum Gasteiger partial charge on any atom is -0.377 e. The van der Waals surface area contributed by atoms with Crippen molar-refractivity contribution in [3.63, 3.8) is 0 Å². The van der Waals surface area contributed by atoms with E-state index in [-0.39, 0.29) is 5.91 Å². The molecule has 2 saturated heterocycles. The largest absolute Gasteiger partial charge is 0.377 e. The summed E-state index contributed by atoms with van der Waals surface area (Å²) < 4.78 is 5.71. The molecule has 160 valence electrons. The van der Waals surface area contributed by atoms with E-state index in [1.165, 1.54) is 24.1 Å². The summed E-state index contributed by atoms with van der Waals surface area (Å²) in [6.45, 7) is 8.03. The summed E-state index contributed by atoms with van der Waals surface area (Å²) in [5.41, 5.74) is 4.94. The van der Waals surface area contributed by atoms with Gasteiger partial charge in [0.05, 0.1) is 6.10 Å². The normalized spacial score (nSPS) is 19.8. The monoisotopic (exact) mass is 407 g/mol. The highest BCUT2D eigenvalue weighted by atomic mass is 16.5. The van der Waals surface area contributed by atoms with Crippen molar-refractivity contribution >= 4 is 17.3 Å². The Hall–Kier alpha value is -2.37. The van der Waals surface area contributed by atoms with Gasteiger partial charge in [0.2, 0.25) is 0 Å². The first-order chi connectivity index (χ1) is 14.6. The van der Waals surface area contributed by atoms with Crippen LogP contribution in [0.4, 0.5) is 11.4 Å². The molecule has 5 nitrogen and oxygen atoms in total. The Labute approximate surface area is 179 Å². The van der Waals surface area contributed by atoms with Crippen molar-refractivity contribution in [2.75, 3.05) is 36.5 Å². The molecule has 2 aliphatic rings. The Kier molecular flexibility index (Phi) is 6.70. The minimum atomic E-state index is -0.0571. The predicted octanol–water partition coefficient (Wildman–Crippen LogP) is 4.29. The number of amides is 1. The van der Waals surface area contributed by atoms with E-state index in [0.717, 1.165) is 55.9 Å². The number of carbonyl (C=O) groups excluding carboxylic acids is 1. The zero-order valence-electron chi connectivity index (χ0n) is 18.1. The molecule has 0 bridgehead atoms. The van der Waals surface area contributed by atoms with Gasteiger partial charge in [-0.05, 0) is 75.4 Å². The van der Waals surface area contributed by atoms with Crippen LogP contribution in [0.25, 0.3) is 0 Å². The van der Waals surface area contributed by atoms with Gasteiger partial charge in [0.1, 0.15) is 0 Å². The zero-order chi connectivity index (χ0) is 20.9. The number of piperidine rings is 1. The second-order valence-corrected chi connectivity index (χ2v) is 8.62. The Balaban J connectivity index is 1.27. The number of rotatable bonds is 6. The summed E-state index contributed by atoms with van der Waals surface area (Å²) in [6.07, 6.45) is 5.11. The molecule has 2 fully saturated rings. The third kappa shape index (κ3) is 5.21. The lowest BCUT2D eigenvalue weighted by Gasteiger charge is -2.34. The fourth-order valence-electron chi connectivity index (χ4n) is 4.47. The molecule has 0 aliphatic carbocycles. The average Bonchev–Trinajstić information content (AvgIpc) is 3.27. The quantitative estimate of drug-likeness (QED) is 0.750. The van der Waals surface area contributed by atoms with Crippen LogP contribution in [0.15, 0.2) is 42.5 Å². The van der Waals surface area contributed by atoms with E-state index in [2.05, 4.69) is 27.7 Å². The first kappa shape index (κ1) is 20.9. The molecule has 5 heteroatoms. The molecule has 2 aromatic rings. The summed E-state index contributed by atoms with van der Waals surface area (Å²) >= 11 is 0. The van der Waals surface area contributed by atoms with Crippen molar-refractivity contribution in [2.24, 2.45) is 0 Å². The predicted molar refractivity (Wildman–Crippen MR) is 123 cm³/mol. The van der Waals surface area contributed by atoms with Crippen LogP contribution in [0.3, 0.4) is 0 Å². The van der Waals surface area contributed by atoms with E-state index in [1.807, 2.05) is 44.2 Å². The van der Waals surface area contributed by atoms with Crippen molar-refractivity contribution in [1.82, 2.24) is 5.32 Å². The van der Waals surface area contributed by atoms with Crippen molar-refractivity contribution in [3.05, 3.63) is 59.2 Å². The Morgan fingerprint density at radius 3 is 2.50 bits per heavy atom. The van der Waals surface area contributed by atoms with Gasteiger partial charge in [0.25, 0.3) is 5.91 Å². The van der Waals surface area contributed by atoms with Gasteiger partial charge in [-0.15, -0.1) is 0 Å². The Morgan fingerprint density at radius 2 is 1.83 bits per heavy atom. The number of ether oxygens (including phenoxy) is 1. The number of carbonyl (C=O) groups is 1. The summed E-state index contributed by atoms with van der Waals surface area (Å²) in [7, 11) is 0. The van der Waals surface area contributed by atoms with E-state index < -0.39 is 0 Å². The first-order valence-corrected chi connectivity index (χ1v) is 11.2. The maximum atomic E-state index is 12.6. The van der Waals surface area contributed by atoms with Crippen LogP contribution in [0.5, 0.6) is 0 Å². The van der Waals surface area contributed by atoms with Crippen LogP contribution in [0, 0.1) is 13.8 Å². The summed E-state index contributed by atoms with van der Waals surface area (Å²) in [5.74, 6) is -0.0571. The van der Waals surface area contributed by atoms with Crippen LogP contribution in [-0.2, 0) is 4.74 Å². The third-order valence-electron chi connectivity index (χ3n) is 6.27. The summed E-state index contributed by atoms with van der Waals surface area (Å²) in [5, 5.41) is 6.71. The van der Waals surface area contributed by atoms with E-state index in [1.54, 1.807) is 0 Å². The lowest BCUT2D eigenvalue weighted by atomic mass is 10.0. The van der Waals surface area contributed by atoms with Crippen LogP contribution in [-0.4, -0.2) is 44.3 Å². The third-order valence-corrected chi connectivity index (χ3v) is 6.27. The average molecular weight is 408 g/mol. The highest BCUT2D eigenvalue weighted by Crippen LogP contribution is 2.23. The molecule has 0 saturated carbocycles. The minimum absolute atomic E-state index is 0.0571. The van der Waals surface area contributed by atoms with Crippen LogP contribution >= 0.6 is 0 Å². The second-order valence-electron chi connectivity index (χ2n) is 8.62. The fourth-order valence-corrected chi connectivity index (χ4v) is 4.47. The molecule has 0 radical (unpaired) electrons.